The molecule has 8 heteroatoms. The summed E-state index contributed by atoms with van der Waals surface area (Å²) in [7, 11) is 0. The molecule has 3 aromatic carbocycles. The number of rotatable bonds is 4. The molecule has 4 aromatic rings. The van der Waals surface area contributed by atoms with Gasteiger partial charge in [-0.3, -0.25) is 4.79 Å². The lowest BCUT2D eigenvalue weighted by atomic mass is 10.1. The molecule has 0 bridgehead atoms. The second kappa shape index (κ2) is 7.84. The highest BCUT2D eigenvalue weighted by Crippen LogP contribution is 2.32. The monoisotopic (exact) mass is 421 g/mol. The molecule has 0 saturated carbocycles. The van der Waals surface area contributed by atoms with Gasteiger partial charge in [-0.05, 0) is 48.5 Å². The molecular weight excluding hydrogens is 409 g/mol. The fourth-order valence-corrected chi connectivity index (χ4v) is 3.31. The first-order valence-electron chi connectivity index (χ1n) is 8.56. The first-order valence-corrected chi connectivity index (χ1v) is 9.31. The number of anilines is 3. The standard InChI is InChI=1S/C21H13Cl2N5O/c22-15-5-2-6-16(23)19(15)28-21-26-17-8-7-13(10-18(17)27-21)20(29)25-14-4-1-3-12(9-14)11-24/h1-10H,(H,25,29)(H2,26,27,28). The van der Waals surface area contributed by atoms with Gasteiger partial charge in [0.1, 0.15) is 0 Å². The Morgan fingerprint density at radius 2 is 1.79 bits per heavy atom. The van der Waals surface area contributed by atoms with Gasteiger partial charge in [-0.1, -0.05) is 35.3 Å². The van der Waals surface area contributed by atoms with Gasteiger partial charge in [0, 0.05) is 11.3 Å². The number of nitrogens with zero attached hydrogens (tertiary/aromatic N) is 2. The Morgan fingerprint density at radius 1 is 1.03 bits per heavy atom. The third kappa shape index (κ3) is 4.02. The van der Waals surface area contributed by atoms with Gasteiger partial charge in [0.15, 0.2) is 0 Å². The van der Waals surface area contributed by atoms with Crippen molar-refractivity contribution in [3.05, 3.63) is 81.8 Å². The summed E-state index contributed by atoms with van der Waals surface area (Å²) in [6.45, 7) is 0. The molecule has 0 radical (unpaired) electrons. The Morgan fingerprint density at radius 3 is 2.55 bits per heavy atom. The molecule has 1 heterocycles. The molecular formula is C21H13Cl2N5O. The number of para-hydroxylation sites is 1. The number of hydrogen-bond donors (Lipinski definition) is 3. The number of carbonyl (C=O) groups excluding carboxylic acids is 1. The number of hydrogen-bond acceptors (Lipinski definition) is 4. The van der Waals surface area contributed by atoms with Crippen LogP contribution >= 0.6 is 23.2 Å². The van der Waals surface area contributed by atoms with Crippen LogP contribution in [0.4, 0.5) is 17.3 Å². The molecule has 0 aliphatic rings. The number of benzene rings is 3. The molecule has 0 spiro atoms. The summed E-state index contributed by atoms with van der Waals surface area (Å²) in [4.78, 5) is 20.1. The minimum Gasteiger partial charge on any atom is -0.324 e. The molecule has 1 amide bonds. The van der Waals surface area contributed by atoms with Gasteiger partial charge in [-0.25, -0.2) is 4.98 Å². The maximum Gasteiger partial charge on any atom is 0.255 e. The molecule has 0 aliphatic carbocycles. The number of fused-ring (bicyclic) bond motifs is 1. The number of halogens is 2. The molecule has 142 valence electrons. The van der Waals surface area contributed by atoms with Crippen LogP contribution < -0.4 is 10.6 Å². The summed E-state index contributed by atoms with van der Waals surface area (Å²) in [5, 5.41) is 15.8. The van der Waals surface area contributed by atoms with Gasteiger partial charge in [-0.2, -0.15) is 5.26 Å². The van der Waals surface area contributed by atoms with Crippen LogP contribution in [0.25, 0.3) is 11.0 Å². The van der Waals surface area contributed by atoms with E-state index >= 15 is 0 Å². The van der Waals surface area contributed by atoms with E-state index in [1.54, 1.807) is 60.7 Å². The molecule has 0 atom stereocenters. The summed E-state index contributed by atoms with van der Waals surface area (Å²) in [5.74, 6) is 0.162. The fourth-order valence-electron chi connectivity index (χ4n) is 2.82. The van der Waals surface area contributed by atoms with Crippen molar-refractivity contribution in [2.24, 2.45) is 0 Å². The van der Waals surface area contributed by atoms with Crippen LogP contribution in [0, 0.1) is 11.3 Å². The molecule has 0 fully saturated rings. The molecule has 29 heavy (non-hydrogen) atoms. The van der Waals surface area contributed by atoms with Crippen molar-refractivity contribution in [3.63, 3.8) is 0 Å². The van der Waals surface area contributed by atoms with Crippen LogP contribution in [0.15, 0.2) is 60.7 Å². The average Bonchev–Trinajstić information content (AvgIpc) is 3.12. The first kappa shape index (κ1) is 18.8. The number of imidazole rings is 1. The Bertz CT molecular complexity index is 1260. The number of aromatic amines is 1. The topological polar surface area (TPSA) is 93.6 Å². The highest BCUT2D eigenvalue weighted by molar-refractivity contribution is 6.39. The molecule has 0 saturated heterocycles. The van der Waals surface area contributed by atoms with Crippen molar-refractivity contribution in [2.45, 2.75) is 0 Å². The van der Waals surface area contributed by atoms with E-state index in [4.69, 9.17) is 28.5 Å². The van der Waals surface area contributed by atoms with E-state index in [9.17, 15) is 4.79 Å². The second-order valence-electron chi connectivity index (χ2n) is 6.19. The van der Waals surface area contributed by atoms with E-state index in [1.165, 1.54) is 0 Å². The van der Waals surface area contributed by atoms with Gasteiger partial charge >= 0.3 is 0 Å². The highest BCUT2D eigenvalue weighted by Gasteiger charge is 2.12. The second-order valence-corrected chi connectivity index (χ2v) is 7.00. The zero-order valence-corrected chi connectivity index (χ0v) is 16.3. The summed E-state index contributed by atoms with van der Waals surface area (Å²) < 4.78 is 0. The van der Waals surface area contributed by atoms with Gasteiger partial charge in [0.05, 0.1) is 38.4 Å². The van der Waals surface area contributed by atoms with Gasteiger partial charge in [0.2, 0.25) is 5.95 Å². The van der Waals surface area contributed by atoms with Crippen LogP contribution in [0.5, 0.6) is 0 Å². The van der Waals surface area contributed by atoms with Crippen LogP contribution in [-0.2, 0) is 0 Å². The maximum absolute atomic E-state index is 12.6. The van der Waals surface area contributed by atoms with Crippen molar-refractivity contribution >= 4 is 57.5 Å². The first-order chi connectivity index (χ1) is 14.0. The number of nitriles is 1. The quantitative estimate of drug-likeness (QED) is 0.391. The number of nitrogens with one attached hydrogen (secondary N) is 3. The molecule has 4 rings (SSSR count). The lowest BCUT2D eigenvalue weighted by Gasteiger charge is -2.07. The molecule has 0 unspecified atom stereocenters. The van der Waals surface area contributed by atoms with E-state index < -0.39 is 0 Å². The van der Waals surface area contributed by atoms with Crippen LogP contribution in [0.1, 0.15) is 15.9 Å². The van der Waals surface area contributed by atoms with E-state index in [1.807, 2.05) is 6.07 Å². The SMILES string of the molecule is N#Cc1cccc(NC(=O)c2ccc3nc(Nc4c(Cl)cccc4Cl)[nH]c3c2)c1. The third-order valence-corrected chi connectivity index (χ3v) is 4.83. The van der Waals surface area contributed by atoms with Crippen molar-refractivity contribution in [1.82, 2.24) is 9.97 Å². The predicted molar refractivity (Wildman–Crippen MR) is 115 cm³/mol. The molecule has 6 nitrogen and oxygen atoms in total. The number of carbonyl (C=O) groups is 1. The smallest absolute Gasteiger partial charge is 0.255 e. The van der Waals surface area contributed by atoms with Crippen molar-refractivity contribution in [1.29, 1.82) is 5.26 Å². The maximum atomic E-state index is 12.6. The van der Waals surface area contributed by atoms with Crippen molar-refractivity contribution in [3.8, 4) is 6.07 Å². The Labute approximate surface area is 176 Å². The fraction of sp³-hybridized carbons (Fsp3) is 0. The highest BCUT2D eigenvalue weighted by atomic mass is 35.5. The largest absolute Gasteiger partial charge is 0.324 e. The van der Waals surface area contributed by atoms with E-state index in [0.29, 0.717) is 49.5 Å². The predicted octanol–water partition coefficient (Wildman–Crippen LogP) is 5.74. The van der Waals surface area contributed by atoms with Crippen LogP contribution in [0.3, 0.4) is 0 Å². The van der Waals surface area contributed by atoms with Gasteiger partial charge in [-0.15, -0.1) is 0 Å². The zero-order valence-electron chi connectivity index (χ0n) is 14.8. The number of H-pyrrole nitrogens is 1. The Kier molecular flexibility index (Phi) is 5.09. The Balaban J connectivity index is 1.58. The number of aromatic nitrogens is 2. The lowest BCUT2D eigenvalue weighted by molar-refractivity contribution is 0.102. The molecule has 1 aromatic heterocycles. The van der Waals surface area contributed by atoms with E-state index in [0.717, 1.165) is 0 Å². The minimum absolute atomic E-state index is 0.291. The Hall–Kier alpha value is -3.53. The third-order valence-electron chi connectivity index (χ3n) is 4.20. The van der Waals surface area contributed by atoms with Crippen LogP contribution in [-0.4, -0.2) is 15.9 Å². The van der Waals surface area contributed by atoms with E-state index in [-0.39, 0.29) is 5.91 Å². The average molecular weight is 422 g/mol. The summed E-state index contributed by atoms with van der Waals surface area (Å²) in [6.07, 6.45) is 0. The summed E-state index contributed by atoms with van der Waals surface area (Å²) in [6, 6.07) is 19.1. The zero-order chi connectivity index (χ0) is 20.4. The van der Waals surface area contributed by atoms with Crippen molar-refractivity contribution in [2.75, 3.05) is 10.6 Å². The minimum atomic E-state index is -0.291. The number of amides is 1. The normalized spacial score (nSPS) is 10.5. The molecule has 3 N–H and O–H groups in total. The van der Waals surface area contributed by atoms with E-state index in [2.05, 4.69) is 20.6 Å². The molecule has 0 aliphatic heterocycles. The summed E-state index contributed by atoms with van der Waals surface area (Å²) >= 11 is 12.4. The van der Waals surface area contributed by atoms with Crippen molar-refractivity contribution < 1.29 is 4.79 Å². The van der Waals surface area contributed by atoms with Crippen LogP contribution in [0.2, 0.25) is 10.0 Å². The lowest BCUT2D eigenvalue weighted by Crippen LogP contribution is -2.11. The van der Waals surface area contributed by atoms with Gasteiger partial charge < -0.3 is 15.6 Å². The van der Waals surface area contributed by atoms with Gasteiger partial charge in [0.25, 0.3) is 5.91 Å². The summed E-state index contributed by atoms with van der Waals surface area (Å²) in [5.41, 5.74) is 3.37.